The van der Waals surface area contributed by atoms with Crippen molar-refractivity contribution in [2.45, 2.75) is 6.61 Å². The molecule has 0 aromatic heterocycles. The Morgan fingerprint density at radius 2 is 1.90 bits per heavy atom. The second-order valence-corrected chi connectivity index (χ2v) is 4.39. The number of hydrogen-bond donors (Lipinski definition) is 1. The van der Waals surface area contributed by atoms with Crippen molar-refractivity contribution in [3.8, 4) is 5.75 Å². The molecular formula is C14H9ClF3NO2. The minimum Gasteiger partial charge on any atom is -0.433 e. The highest BCUT2D eigenvalue weighted by atomic mass is 35.5. The molecule has 0 saturated carbocycles. The maximum Gasteiger partial charge on any atom is 0.387 e. The highest BCUT2D eigenvalue weighted by Gasteiger charge is 2.15. The molecule has 21 heavy (non-hydrogen) atoms. The molecule has 2 aromatic rings. The number of ether oxygens (including phenoxy) is 1. The predicted octanol–water partition coefficient (Wildman–Crippen LogP) is 4.33. The Morgan fingerprint density at radius 1 is 1.19 bits per heavy atom. The van der Waals surface area contributed by atoms with E-state index in [2.05, 4.69) is 10.1 Å². The largest absolute Gasteiger partial charge is 0.433 e. The summed E-state index contributed by atoms with van der Waals surface area (Å²) in [6, 6.07) is 9.15. The van der Waals surface area contributed by atoms with Gasteiger partial charge in [-0.3, -0.25) is 4.79 Å². The summed E-state index contributed by atoms with van der Waals surface area (Å²) >= 11 is 5.59. The van der Waals surface area contributed by atoms with E-state index in [-0.39, 0.29) is 22.0 Å². The van der Waals surface area contributed by atoms with Gasteiger partial charge in [-0.2, -0.15) is 8.78 Å². The molecule has 1 N–H and O–H groups in total. The number of carbonyl (C=O) groups excluding carboxylic acids is 1. The standard InChI is InChI=1S/C14H9ClF3NO2/c15-8-5-6-9(10(16)7-8)13(20)19-11-3-1-2-4-12(11)21-14(17)18/h1-7,14H,(H,19,20). The van der Waals surface area contributed by atoms with Crippen molar-refractivity contribution in [3.05, 3.63) is 58.9 Å². The number of nitrogens with one attached hydrogen (secondary N) is 1. The van der Waals surface area contributed by atoms with Crippen molar-refractivity contribution in [2.24, 2.45) is 0 Å². The van der Waals surface area contributed by atoms with Crippen LogP contribution in [0.2, 0.25) is 5.02 Å². The van der Waals surface area contributed by atoms with Gasteiger partial charge in [0.2, 0.25) is 0 Å². The lowest BCUT2D eigenvalue weighted by Gasteiger charge is -2.12. The Hall–Kier alpha value is -2.21. The van der Waals surface area contributed by atoms with Crippen LogP contribution in [0.4, 0.5) is 18.9 Å². The molecule has 0 atom stereocenters. The zero-order chi connectivity index (χ0) is 15.4. The molecule has 2 rings (SSSR count). The molecule has 1 amide bonds. The highest BCUT2D eigenvalue weighted by molar-refractivity contribution is 6.30. The van der Waals surface area contributed by atoms with E-state index in [9.17, 15) is 18.0 Å². The molecule has 0 bridgehead atoms. The molecule has 0 aliphatic heterocycles. The molecule has 0 spiro atoms. The number of hydrogen-bond acceptors (Lipinski definition) is 2. The third-order valence-corrected chi connectivity index (χ3v) is 2.76. The SMILES string of the molecule is O=C(Nc1ccccc1OC(F)F)c1ccc(Cl)cc1F. The Balaban J connectivity index is 2.23. The third-order valence-electron chi connectivity index (χ3n) is 2.53. The fraction of sp³-hybridized carbons (Fsp3) is 0.0714. The summed E-state index contributed by atoms with van der Waals surface area (Å²) in [5.74, 6) is -1.82. The summed E-state index contributed by atoms with van der Waals surface area (Å²) in [6.07, 6.45) is 0. The molecule has 0 heterocycles. The van der Waals surface area contributed by atoms with E-state index in [1.165, 1.54) is 36.4 Å². The number of anilines is 1. The van der Waals surface area contributed by atoms with E-state index in [0.29, 0.717) is 0 Å². The first kappa shape index (κ1) is 15.2. The van der Waals surface area contributed by atoms with Gasteiger partial charge in [0.25, 0.3) is 5.91 Å². The van der Waals surface area contributed by atoms with Crippen molar-refractivity contribution in [1.29, 1.82) is 0 Å². The van der Waals surface area contributed by atoms with E-state index < -0.39 is 18.3 Å². The lowest BCUT2D eigenvalue weighted by Crippen LogP contribution is -2.15. The monoisotopic (exact) mass is 315 g/mol. The fourth-order valence-electron chi connectivity index (χ4n) is 1.63. The maximum absolute atomic E-state index is 13.6. The summed E-state index contributed by atoms with van der Waals surface area (Å²) in [5, 5.41) is 2.46. The summed E-state index contributed by atoms with van der Waals surface area (Å²) in [7, 11) is 0. The summed E-state index contributed by atoms with van der Waals surface area (Å²) in [5.41, 5.74) is -0.247. The predicted molar refractivity (Wildman–Crippen MR) is 72.4 cm³/mol. The second-order valence-electron chi connectivity index (χ2n) is 3.95. The van der Waals surface area contributed by atoms with Gasteiger partial charge in [-0.1, -0.05) is 23.7 Å². The van der Waals surface area contributed by atoms with E-state index >= 15 is 0 Å². The summed E-state index contributed by atoms with van der Waals surface area (Å²) in [4.78, 5) is 11.9. The number of amides is 1. The van der Waals surface area contributed by atoms with Crippen LogP contribution >= 0.6 is 11.6 Å². The van der Waals surface area contributed by atoms with E-state index in [0.717, 1.165) is 6.07 Å². The smallest absolute Gasteiger partial charge is 0.387 e. The summed E-state index contributed by atoms with van der Waals surface area (Å²) < 4.78 is 42.4. The van der Waals surface area contributed by atoms with Gasteiger partial charge in [-0.25, -0.2) is 4.39 Å². The van der Waals surface area contributed by atoms with Crippen LogP contribution in [0.1, 0.15) is 10.4 Å². The van der Waals surface area contributed by atoms with Crippen molar-refractivity contribution in [2.75, 3.05) is 5.32 Å². The molecule has 0 unspecified atom stereocenters. The van der Waals surface area contributed by atoms with Crippen molar-refractivity contribution < 1.29 is 22.7 Å². The first-order valence-electron chi connectivity index (χ1n) is 5.77. The molecule has 7 heteroatoms. The molecule has 2 aromatic carbocycles. The Labute approximate surface area is 123 Å². The minimum absolute atomic E-state index is 0.0112. The van der Waals surface area contributed by atoms with E-state index in [1.807, 2.05) is 0 Å². The van der Waals surface area contributed by atoms with Crippen LogP contribution in [0.25, 0.3) is 0 Å². The van der Waals surface area contributed by atoms with Gasteiger partial charge < -0.3 is 10.1 Å². The molecule has 0 aliphatic carbocycles. The lowest BCUT2D eigenvalue weighted by molar-refractivity contribution is -0.0493. The zero-order valence-electron chi connectivity index (χ0n) is 10.4. The van der Waals surface area contributed by atoms with Crippen LogP contribution in [-0.4, -0.2) is 12.5 Å². The number of para-hydroxylation sites is 2. The number of alkyl halides is 2. The molecule has 0 fully saturated rings. The average molecular weight is 316 g/mol. The molecule has 0 saturated heterocycles. The van der Waals surface area contributed by atoms with Crippen LogP contribution in [0.3, 0.4) is 0 Å². The Bertz CT molecular complexity index is 664. The molecule has 0 radical (unpaired) electrons. The van der Waals surface area contributed by atoms with Gasteiger partial charge in [-0.05, 0) is 30.3 Å². The van der Waals surface area contributed by atoms with Crippen LogP contribution in [0.5, 0.6) is 5.75 Å². The molecule has 3 nitrogen and oxygen atoms in total. The number of halogens is 4. The van der Waals surface area contributed by atoms with Crippen molar-refractivity contribution in [1.82, 2.24) is 0 Å². The maximum atomic E-state index is 13.6. The normalized spacial score (nSPS) is 10.5. The molecule has 110 valence electrons. The lowest BCUT2D eigenvalue weighted by atomic mass is 10.2. The number of benzene rings is 2. The zero-order valence-corrected chi connectivity index (χ0v) is 11.2. The van der Waals surface area contributed by atoms with E-state index in [1.54, 1.807) is 0 Å². The van der Waals surface area contributed by atoms with Crippen molar-refractivity contribution >= 4 is 23.2 Å². The van der Waals surface area contributed by atoms with Gasteiger partial charge in [0.1, 0.15) is 11.6 Å². The minimum atomic E-state index is -3.03. The quantitative estimate of drug-likeness (QED) is 0.912. The van der Waals surface area contributed by atoms with Crippen LogP contribution in [0.15, 0.2) is 42.5 Å². The van der Waals surface area contributed by atoms with Crippen LogP contribution in [-0.2, 0) is 0 Å². The van der Waals surface area contributed by atoms with Crippen LogP contribution in [0, 0.1) is 5.82 Å². The van der Waals surface area contributed by atoms with Gasteiger partial charge >= 0.3 is 6.61 Å². The third kappa shape index (κ3) is 3.88. The Morgan fingerprint density at radius 3 is 2.57 bits per heavy atom. The topological polar surface area (TPSA) is 38.3 Å². The van der Waals surface area contributed by atoms with Crippen molar-refractivity contribution in [3.63, 3.8) is 0 Å². The molecule has 0 aliphatic rings. The average Bonchev–Trinajstić information content (AvgIpc) is 2.40. The van der Waals surface area contributed by atoms with Gasteiger partial charge in [0.15, 0.2) is 0 Å². The first-order valence-corrected chi connectivity index (χ1v) is 6.15. The highest BCUT2D eigenvalue weighted by Crippen LogP contribution is 2.26. The number of rotatable bonds is 4. The van der Waals surface area contributed by atoms with E-state index in [4.69, 9.17) is 11.6 Å². The second kappa shape index (κ2) is 6.49. The van der Waals surface area contributed by atoms with Gasteiger partial charge in [0.05, 0.1) is 11.3 Å². The van der Waals surface area contributed by atoms with Gasteiger partial charge in [-0.15, -0.1) is 0 Å². The molecular weight excluding hydrogens is 307 g/mol. The van der Waals surface area contributed by atoms with Gasteiger partial charge in [0, 0.05) is 5.02 Å². The first-order chi connectivity index (χ1) is 9.97. The fourth-order valence-corrected chi connectivity index (χ4v) is 1.79. The number of carbonyl (C=O) groups is 1. The Kier molecular flexibility index (Phi) is 4.70. The van der Waals surface area contributed by atoms with Crippen LogP contribution < -0.4 is 10.1 Å². The summed E-state index contributed by atoms with van der Waals surface area (Å²) in [6.45, 7) is -3.03.